The van der Waals surface area contributed by atoms with Crippen molar-refractivity contribution in [2.45, 2.75) is 33.4 Å². The number of hydrogen-bond donors (Lipinski definition) is 1. The van der Waals surface area contributed by atoms with E-state index in [9.17, 15) is 0 Å². The van der Waals surface area contributed by atoms with Crippen molar-refractivity contribution in [3.05, 3.63) is 64.7 Å². The second kappa shape index (κ2) is 5.89. The molecule has 1 atom stereocenters. The molecule has 100 valence electrons. The molecule has 0 saturated carbocycles. The molecule has 0 bridgehead atoms. The number of benzene rings is 2. The molecule has 2 aromatic carbocycles. The van der Waals surface area contributed by atoms with Crippen LogP contribution in [0.25, 0.3) is 0 Å². The van der Waals surface area contributed by atoms with Gasteiger partial charge in [-0.25, -0.2) is 0 Å². The number of ether oxygens (including phenoxy) is 1. The third kappa shape index (κ3) is 3.58. The summed E-state index contributed by atoms with van der Waals surface area (Å²) in [6.45, 7) is 6.79. The highest BCUT2D eigenvalue weighted by Gasteiger charge is 2.02. The van der Waals surface area contributed by atoms with Gasteiger partial charge in [-0.3, -0.25) is 0 Å². The van der Waals surface area contributed by atoms with E-state index in [2.05, 4.69) is 32.0 Å². The molecular formula is C17H21NO. The molecule has 0 amide bonds. The van der Waals surface area contributed by atoms with Crippen LogP contribution in [0.15, 0.2) is 42.5 Å². The molecule has 0 aromatic heterocycles. The van der Waals surface area contributed by atoms with E-state index >= 15 is 0 Å². The molecular weight excluding hydrogens is 234 g/mol. The Morgan fingerprint density at radius 1 is 1.05 bits per heavy atom. The number of rotatable bonds is 4. The van der Waals surface area contributed by atoms with Crippen LogP contribution in [0.5, 0.6) is 5.75 Å². The van der Waals surface area contributed by atoms with E-state index < -0.39 is 0 Å². The fraction of sp³-hybridized carbons (Fsp3) is 0.294. The van der Waals surface area contributed by atoms with Gasteiger partial charge in [-0.1, -0.05) is 35.9 Å². The Bertz CT molecular complexity index is 544. The molecule has 0 heterocycles. The first kappa shape index (κ1) is 13.6. The highest BCUT2D eigenvalue weighted by atomic mass is 16.5. The molecule has 2 nitrogen and oxygen atoms in total. The Morgan fingerprint density at radius 3 is 2.37 bits per heavy atom. The van der Waals surface area contributed by atoms with E-state index in [-0.39, 0.29) is 6.04 Å². The van der Waals surface area contributed by atoms with Crippen LogP contribution < -0.4 is 10.5 Å². The summed E-state index contributed by atoms with van der Waals surface area (Å²) in [6, 6.07) is 14.5. The summed E-state index contributed by atoms with van der Waals surface area (Å²) in [5, 5.41) is 0. The average molecular weight is 255 g/mol. The van der Waals surface area contributed by atoms with Crippen molar-refractivity contribution in [3.63, 3.8) is 0 Å². The second-order valence-corrected chi connectivity index (χ2v) is 5.08. The van der Waals surface area contributed by atoms with E-state index in [0.717, 1.165) is 11.3 Å². The number of aryl methyl sites for hydroxylation is 2. The predicted molar refractivity (Wildman–Crippen MR) is 79.3 cm³/mol. The quantitative estimate of drug-likeness (QED) is 0.899. The second-order valence-electron chi connectivity index (χ2n) is 5.08. The SMILES string of the molecule is Cc1ccc(C)c(COc2ccc([C@@H](C)N)cc2)c1. The van der Waals surface area contributed by atoms with Gasteiger partial charge in [0.1, 0.15) is 12.4 Å². The van der Waals surface area contributed by atoms with Gasteiger partial charge in [-0.2, -0.15) is 0 Å². The fourth-order valence-corrected chi connectivity index (χ4v) is 1.98. The topological polar surface area (TPSA) is 35.2 Å². The molecule has 0 saturated heterocycles. The first-order valence-corrected chi connectivity index (χ1v) is 6.61. The van der Waals surface area contributed by atoms with Crippen LogP contribution in [-0.2, 0) is 6.61 Å². The van der Waals surface area contributed by atoms with E-state index in [4.69, 9.17) is 10.5 Å². The lowest BCUT2D eigenvalue weighted by molar-refractivity contribution is 0.305. The Balaban J connectivity index is 2.04. The molecule has 0 aliphatic rings. The van der Waals surface area contributed by atoms with Gasteiger partial charge < -0.3 is 10.5 Å². The first-order valence-electron chi connectivity index (χ1n) is 6.61. The normalized spacial score (nSPS) is 12.2. The third-order valence-electron chi connectivity index (χ3n) is 3.30. The van der Waals surface area contributed by atoms with Crippen LogP contribution in [0.4, 0.5) is 0 Å². The lowest BCUT2D eigenvalue weighted by Crippen LogP contribution is -2.04. The minimum atomic E-state index is 0.0630. The fourth-order valence-electron chi connectivity index (χ4n) is 1.98. The zero-order valence-electron chi connectivity index (χ0n) is 11.8. The molecule has 0 aliphatic heterocycles. The molecule has 0 unspecified atom stereocenters. The van der Waals surface area contributed by atoms with Crippen LogP contribution in [-0.4, -0.2) is 0 Å². The van der Waals surface area contributed by atoms with Crippen LogP contribution in [0, 0.1) is 13.8 Å². The highest BCUT2D eigenvalue weighted by Crippen LogP contribution is 2.18. The van der Waals surface area contributed by atoms with Crippen molar-refractivity contribution in [1.82, 2.24) is 0 Å². The van der Waals surface area contributed by atoms with Gasteiger partial charge in [0.2, 0.25) is 0 Å². The summed E-state index contributed by atoms with van der Waals surface area (Å²) in [5.74, 6) is 0.880. The monoisotopic (exact) mass is 255 g/mol. The van der Waals surface area contributed by atoms with Gasteiger partial charge in [-0.15, -0.1) is 0 Å². The van der Waals surface area contributed by atoms with E-state index in [1.54, 1.807) is 0 Å². The smallest absolute Gasteiger partial charge is 0.119 e. The van der Waals surface area contributed by atoms with Crippen molar-refractivity contribution in [1.29, 1.82) is 0 Å². The Kier molecular flexibility index (Phi) is 4.23. The Hall–Kier alpha value is -1.80. The van der Waals surface area contributed by atoms with Gasteiger partial charge in [-0.05, 0) is 49.6 Å². The summed E-state index contributed by atoms with van der Waals surface area (Å²) in [6.07, 6.45) is 0. The standard InChI is InChI=1S/C17H21NO/c1-12-4-5-13(2)16(10-12)11-19-17-8-6-15(7-9-17)14(3)18/h4-10,14H,11,18H2,1-3H3/t14-/m1/s1. The van der Waals surface area contributed by atoms with Crippen molar-refractivity contribution < 1.29 is 4.74 Å². The summed E-state index contributed by atoms with van der Waals surface area (Å²) in [7, 11) is 0. The van der Waals surface area contributed by atoms with E-state index in [0.29, 0.717) is 6.61 Å². The maximum atomic E-state index is 5.82. The molecule has 2 heteroatoms. The zero-order chi connectivity index (χ0) is 13.8. The molecule has 2 aromatic rings. The molecule has 0 spiro atoms. The third-order valence-corrected chi connectivity index (χ3v) is 3.30. The van der Waals surface area contributed by atoms with Gasteiger partial charge in [0.15, 0.2) is 0 Å². The zero-order valence-corrected chi connectivity index (χ0v) is 11.8. The van der Waals surface area contributed by atoms with Gasteiger partial charge in [0, 0.05) is 6.04 Å². The highest BCUT2D eigenvalue weighted by molar-refractivity contribution is 5.32. The average Bonchev–Trinajstić information content (AvgIpc) is 2.40. The molecule has 2 rings (SSSR count). The van der Waals surface area contributed by atoms with Gasteiger partial charge in [0.05, 0.1) is 0 Å². The summed E-state index contributed by atoms with van der Waals surface area (Å²) >= 11 is 0. The van der Waals surface area contributed by atoms with E-state index in [1.165, 1.54) is 16.7 Å². The minimum Gasteiger partial charge on any atom is -0.489 e. The predicted octanol–water partition coefficient (Wildman–Crippen LogP) is 3.90. The minimum absolute atomic E-state index is 0.0630. The molecule has 2 N–H and O–H groups in total. The first-order chi connectivity index (χ1) is 9.06. The Labute approximate surface area is 115 Å². The maximum Gasteiger partial charge on any atom is 0.119 e. The van der Waals surface area contributed by atoms with Crippen molar-refractivity contribution >= 4 is 0 Å². The van der Waals surface area contributed by atoms with Crippen LogP contribution in [0.1, 0.15) is 35.2 Å². The number of nitrogens with two attached hydrogens (primary N) is 1. The van der Waals surface area contributed by atoms with Gasteiger partial charge in [0.25, 0.3) is 0 Å². The lowest BCUT2D eigenvalue weighted by atomic mass is 10.1. The molecule has 19 heavy (non-hydrogen) atoms. The van der Waals surface area contributed by atoms with Crippen LogP contribution in [0.2, 0.25) is 0 Å². The molecule has 0 fully saturated rings. The summed E-state index contributed by atoms with van der Waals surface area (Å²) < 4.78 is 5.82. The summed E-state index contributed by atoms with van der Waals surface area (Å²) in [5.41, 5.74) is 10.7. The Morgan fingerprint density at radius 2 is 1.74 bits per heavy atom. The molecule has 0 radical (unpaired) electrons. The largest absolute Gasteiger partial charge is 0.489 e. The maximum absolute atomic E-state index is 5.82. The van der Waals surface area contributed by atoms with Crippen molar-refractivity contribution in [2.24, 2.45) is 5.73 Å². The van der Waals surface area contributed by atoms with E-state index in [1.807, 2.05) is 31.2 Å². The lowest BCUT2D eigenvalue weighted by Gasteiger charge is -2.11. The van der Waals surface area contributed by atoms with Crippen molar-refractivity contribution in [2.75, 3.05) is 0 Å². The van der Waals surface area contributed by atoms with Gasteiger partial charge >= 0.3 is 0 Å². The van der Waals surface area contributed by atoms with Crippen molar-refractivity contribution in [3.8, 4) is 5.75 Å². The summed E-state index contributed by atoms with van der Waals surface area (Å²) in [4.78, 5) is 0. The number of hydrogen-bond acceptors (Lipinski definition) is 2. The van der Waals surface area contributed by atoms with Crippen LogP contribution >= 0.6 is 0 Å². The van der Waals surface area contributed by atoms with Crippen LogP contribution in [0.3, 0.4) is 0 Å². The molecule has 0 aliphatic carbocycles.